The minimum absolute atomic E-state index is 0.342. The van der Waals surface area contributed by atoms with Gasteiger partial charge in [-0.3, -0.25) is 0 Å². The zero-order valence-electron chi connectivity index (χ0n) is 23.8. The molecule has 1 radical (unpaired) electrons. The van der Waals surface area contributed by atoms with Crippen molar-refractivity contribution < 1.29 is 8.78 Å². The Morgan fingerprint density at radius 3 is 1.00 bits per heavy atom. The van der Waals surface area contributed by atoms with E-state index in [0.29, 0.717) is 22.3 Å². The summed E-state index contributed by atoms with van der Waals surface area (Å²) in [5.74, 6) is -0.689. The summed E-state index contributed by atoms with van der Waals surface area (Å²) in [6, 6.07) is 55.4. The van der Waals surface area contributed by atoms with E-state index in [-0.39, 0.29) is 11.6 Å². The lowest BCUT2D eigenvalue weighted by Gasteiger charge is -2.11. The number of halogens is 2. The Hall–Kier alpha value is -5.60. The van der Waals surface area contributed by atoms with Crippen LogP contribution in [0.15, 0.2) is 164 Å². The normalized spacial score (nSPS) is 11.0. The fourth-order valence-electron chi connectivity index (χ4n) is 5.61. The molecule has 0 bridgehead atoms. The Morgan fingerprint density at radius 2 is 0.614 bits per heavy atom. The van der Waals surface area contributed by atoms with Crippen molar-refractivity contribution in [2.75, 3.05) is 0 Å². The molecule has 0 saturated heterocycles. The van der Waals surface area contributed by atoms with E-state index < -0.39 is 0 Å². The average Bonchev–Trinajstić information content (AvgIpc) is 3.09. The van der Waals surface area contributed by atoms with Gasteiger partial charge in [0.1, 0.15) is 11.6 Å². The first kappa shape index (κ1) is 27.2. The second-order valence-corrected chi connectivity index (χ2v) is 10.8. The maximum atomic E-state index is 15.4. The number of benzene rings is 7. The highest BCUT2D eigenvalue weighted by Gasteiger charge is 2.12. The molecule has 0 N–H and O–H groups in total. The van der Waals surface area contributed by atoms with Gasteiger partial charge in [-0.15, -0.1) is 0 Å². The first-order valence-electron chi connectivity index (χ1n) is 14.6. The Labute approximate surface area is 256 Å². The Bertz CT molecular complexity index is 2030. The van der Waals surface area contributed by atoms with E-state index in [9.17, 15) is 0 Å². The summed E-state index contributed by atoms with van der Waals surface area (Å²) in [4.78, 5) is 0. The number of hydrogen-bond donors (Lipinski definition) is 0. The summed E-state index contributed by atoms with van der Waals surface area (Å²) in [6.45, 7) is 0. The lowest BCUT2D eigenvalue weighted by molar-refractivity contribution is 0.629. The highest BCUT2D eigenvalue weighted by molar-refractivity contribution is 5.77. The van der Waals surface area contributed by atoms with Gasteiger partial charge in [0.15, 0.2) is 0 Å². The molecular formula is C42H27F2. The standard InChI is InChI=1S/C42H27F2/c43-41-27-37(23-25-39(41)35-19-15-32(16-20-35)30-9-5-2-6-10-30)38-24-26-40(42(44)28-38)36-21-17-34(18-22-36)33-13-11-31(12-14-33)29-7-3-1-4-8-29/h2-28H. The second kappa shape index (κ2) is 11.9. The summed E-state index contributed by atoms with van der Waals surface area (Å²) in [7, 11) is 0. The molecule has 0 nitrogen and oxygen atoms in total. The smallest absolute Gasteiger partial charge is 0.131 e. The van der Waals surface area contributed by atoms with Crippen molar-refractivity contribution in [1.29, 1.82) is 0 Å². The van der Waals surface area contributed by atoms with Gasteiger partial charge in [-0.2, -0.15) is 0 Å². The van der Waals surface area contributed by atoms with Gasteiger partial charge in [-0.1, -0.05) is 152 Å². The first-order valence-corrected chi connectivity index (χ1v) is 14.6. The van der Waals surface area contributed by atoms with Crippen LogP contribution in [0.4, 0.5) is 8.78 Å². The van der Waals surface area contributed by atoms with Crippen LogP contribution in [0.5, 0.6) is 0 Å². The minimum Gasteiger partial charge on any atom is -0.206 e. The molecule has 0 aliphatic heterocycles. The lowest BCUT2D eigenvalue weighted by atomic mass is 9.95. The molecule has 0 amide bonds. The van der Waals surface area contributed by atoms with Crippen LogP contribution < -0.4 is 0 Å². The van der Waals surface area contributed by atoms with Crippen LogP contribution in [0.3, 0.4) is 0 Å². The molecule has 0 saturated carbocycles. The highest BCUT2D eigenvalue weighted by Crippen LogP contribution is 2.33. The number of rotatable bonds is 6. The Kier molecular flexibility index (Phi) is 7.40. The third kappa shape index (κ3) is 5.58. The maximum Gasteiger partial charge on any atom is 0.131 e. The molecule has 7 aromatic rings. The molecule has 0 aromatic heterocycles. The number of hydrogen-bond acceptors (Lipinski definition) is 0. The quantitative estimate of drug-likeness (QED) is 0.187. The van der Waals surface area contributed by atoms with Crippen LogP contribution in [0, 0.1) is 17.7 Å². The molecular weight excluding hydrogens is 542 g/mol. The van der Waals surface area contributed by atoms with Crippen molar-refractivity contribution in [3.05, 3.63) is 181 Å². The summed E-state index contributed by atoms with van der Waals surface area (Å²) in [6.07, 6.45) is 0. The second-order valence-electron chi connectivity index (χ2n) is 10.8. The molecule has 0 aliphatic carbocycles. The summed E-state index contributed by atoms with van der Waals surface area (Å²) in [5.41, 5.74) is 10.5. The van der Waals surface area contributed by atoms with Crippen molar-refractivity contribution >= 4 is 0 Å². The van der Waals surface area contributed by atoms with Crippen LogP contribution in [0.2, 0.25) is 0 Å². The van der Waals surface area contributed by atoms with E-state index >= 15 is 8.78 Å². The van der Waals surface area contributed by atoms with Gasteiger partial charge in [0.05, 0.1) is 0 Å². The van der Waals surface area contributed by atoms with E-state index in [2.05, 4.69) is 42.5 Å². The van der Waals surface area contributed by atoms with Crippen LogP contribution in [-0.4, -0.2) is 0 Å². The zero-order chi connectivity index (χ0) is 29.9. The van der Waals surface area contributed by atoms with Gasteiger partial charge < -0.3 is 0 Å². The monoisotopic (exact) mass is 569 g/mol. The predicted octanol–water partition coefficient (Wildman–Crippen LogP) is 11.8. The molecule has 7 rings (SSSR count). The molecule has 0 unspecified atom stereocenters. The fraction of sp³-hybridized carbons (Fsp3) is 0. The highest BCUT2D eigenvalue weighted by atomic mass is 19.1. The van der Waals surface area contributed by atoms with Gasteiger partial charge in [-0.05, 0) is 73.8 Å². The van der Waals surface area contributed by atoms with Crippen molar-refractivity contribution in [1.82, 2.24) is 0 Å². The van der Waals surface area contributed by atoms with E-state index in [1.165, 1.54) is 12.1 Å². The largest absolute Gasteiger partial charge is 0.206 e. The summed E-state index contributed by atoms with van der Waals surface area (Å²) < 4.78 is 30.7. The van der Waals surface area contributed by atoms with Crippen molar-refractivity contribution in [2.24, 2.45) is 0 Å². The molecule has 209 valence electrons. The SMILES string of the molecule is Fc1cc(-c2ccc(-c3ccc(-c4ccc(-c5cc[c]cc5)cc4)cc3)c(F)c2)ccc1-c1ccc(-c2ccccc2)cc1. The topological polar surface area (TPSA) is 0 Å². The van der Waals surface area contributed by atoms with Gasteiger partial charge in [0.2, 0.25) is 0 Å². The zero-order valence-corrected chi connectivity index (χ0v) is 23.8. The van der Waals surface area contributed by atoms with Crippen LogP contribution in [0.1, 0.15) is 0 Å². The first-order chi connectivity index (χ1) is 21.6. The van der Waals surface area contributed by atoms with Gasteiger partial charge in [-0.25, -0.2) is 8.78 Å². The van der Waals surface area contributed by atoms with Gasteiger partial charge in [0, 0.05) is 11.1 Å². The third-order valence-corrected chi connectivity index (χ3v) is 8.04. The lowest BCUT2D eigenvalue weighted by Crippen LogP contribution is -1.90. The van der Waals surface area contributed by atoms with Crippen LogP contribution >= 0.6 is 0 Å². The predicted molar refractivity (Wildman–Crippen MR) is 178 cm³/mol. The molecule has 44 heavy (non-hydrogen) atoms. The summed E-state index contributed by atoms with van der Waals surface area (Å²) >= 11 is 0. The Balaban J connectivity index is 1.08. The van der Waals surface area contributed by atoms with Crippen molar-refractivity contribution in [3.63, 3.8) is 0 Å². The Morgan fingerprint density at radius 1 is 0.295 bits per heavy atom. The minimum atomic E-state index is -0.347. The maximum absolute atomic E-state index is 15.4. The molecule has 0 spiro atoms. The van der Waals surface area contributed by atoms with E-state index in [0.717, 1.165) is 44.5 Å². The molecule has 0 atom stereocenters. The fourth-order valence-corrected chi connectivity index (χ4v) is 5.61. The van der Waals surface area contributed by atoms with Crippen LogP contribution in [0.25, 0.3) is 66.8 Å². The molecule has 0 aliphatic rings. The molecule has 7 aromatic carbocycles. The molecule has 2 heteroatoms. The van der Waals surface area contributed by atoms with Gasteiger partial charge >= 0.3 is 0 Å². The third-order valence-electron chi connectivity index (χ3n) is 8.04. The van der Waals surface area contributed by atoms with E-state index in [4.69, 9.17) is 0 Å². The van der Waals surface area contributed by atoms with Crippen molar-refractivity contribution in [3.8, 4) is 66.8 Å². The van der Waals surface area contributed by atoms with Gasteiger partial charge in [0.25, 0.3) is 0 Å². The van der Waals surface area contributed by atoms with Crippen molar-refractivity contribution in [2.45, 2.75) is 0 Å². The van der Waals surface area contributed by atoms with Crippen LogP contribution in [-0.2, 0) is 0 Å². The molecule has 0 heterocycles. The molecule has 0 fully saturated rings. The summed E-state index contributed by atoms with van der Waals surface area (Å²) in [5, 5.41) is 0. The average molecular weight is 570 g/mol. The van der Waals surface area contributed by atoms with E-state index in [1.54, 1.807) is 12.1 Å². The van der Waals surface area contributed by atoms with E-state index in [1.807, 2.05) is 103 Å².